The van der Waals surface area contributed by atoms with Gasteiger partial charge in [0.25, 0.3) is 5.91 Å². The monoisotopic (exact) mass is 285 g/mol. The maximum atomic E-state index is 11.9. The molecule has 0 aliphatic heterocycles. The molecule has 1 amide bonds. The number of carbonyl (C=O) groups excluding carboxylic acids is 1. The van der Waals surface area contributed by atoms with Gasteiger partial charge in [-0.05, 0) is 25.5 Å². The lowest BCUT2D eigenvalue weighted by atomic mass is 10.1. The molecule has 1 aromatic carbocycles. The third kappa shape index (κ3) is 3.23. The predicted molar refractivity (Wildman–Crippen MR) is 68.2 cm³/mol. The summed E-state index contributed by atoms with van der Waals surface area (Å²) >= 11 is 3.33. The van der Waals surface area contributed by atoms with E-state index in [1.807, 2.05) is 13.8 Å². The number of alkyl halides is 1. The molecule has 0 aliphatic rings. The summed E-state index contributed by atoms with van der Waals surface area (Å²) in [7, 11) is 0. The van der Waals surface area contributed by atoms with E-state index in [9.17, 15) is 9.90 Å². The number of aromatic hydroxyl groups is 1. The molecule has 0 spiro atoms. The van der Waals surface area contributed by atoms with Gasteiger partial charge >= 0.3 is 0 Å². The number of hydrogen-bond donors (Lipinski definition) is 2. The van der Waals surface area contributed by atoms with Gasteiger partial charge in [-0.15, -0.1) is 0 Å². The molecular formula is C12H16BrNO2. The summed E-state index contributed by atoms with van der Waals surface area (Å²) in [5.74, 6) is -0.208. The van der Waals surface area contributed by atoms with Crippen molar-refractivity contribution < 1.29 is 9.90 Å². The van der Waals surface area contributed by atoms with E-state index in [1.165, 1.54) is 0 Å². The molecule has 0 fully saturated rings. The summed E-state index contributed by atoms with van der Waals surface area (Å²) in [5, 5.41) is 13.2. The molecule has 0 heterocycles. The predicted octanol–water partition coefficient (Wildman–Crippen LogP) is 2.60. The second kappa shape index (κ2) is 5.89. The number of amides is 1. The first-order chi connectivity index (χ1) is 7.58. The lowest BCUT2D eigenvalue weighted by molar-refractivity contribution is 0.0937. The topological polar surface area (TPSA) is 49.3 Å². The van der Waals surface area contributed by atoms with E-state index < -0.39 is 0 Å². The first-order valence-corrected chi connectivity index (χ1v) is 6.37. The van der Waals surface area contributed by atoms with Crippen molar-refractivity contribution in [2.24, 2.45) is 0 Å². The SMILES string of the molecule is CCC(CBr)NC(=O)c1cc(C)ccc1O. The van der Waals surface area contributed by atoms with Crippen molar-refractivity contribution in [3.05, 3.63) is 29.3 Å². The number of carbonyl (C=O) groups is 1. The Kier molecular flexibility index (Phi) is 4.80. The van der Waals surface area contributed by atoms with Gasteiger partial charge in [-0.1, -0.05) is 34.5 Å². The minimum atomic E-state index is -0.229. The molecule has 0 saturated heterocycles. The molecule has 1 atom stereocenters. The quantitative estimate of drug-likeness (QED) is 0.836. The molecule has 1 unspecified atom stereocenters. The molecule has 88 valence electrons. The lowest BCUT2D eigenvalue weighted by Crippen LogP contribution is -2.35. The third-order valence-electron chi connectivity index (χ3n) is 2.41. The minimum absolute atomic E-state index is 0.0209. The number of nitrogens with one attached hydrogen (secondary N) is 1. The van der Waals surface area contributed by atoms with Crippen molar-refractivity contribution in [2.75, 3.05) is 5.33 Å². The van der Waals surface area contributed by atoms with E-state index in [0.29, 0.717) is 10.9 Å². The summed E-state index contributed by atoms with van der Waals surface area (Å²) < 4.78 is 0. The van der Waals surface area contributed by atoms with Crippen molar-refractivity contribution in [3.63, 3.8) is 0 Å². The summed E-state index contributed by atoms with van der Waals surface area (Å²) in [6.07, 6.45) is 0.851. The van der Waals surface area contributed by atoms with Crippen LogP contribution in [0.2, 0.25) is 0 Å². The molecule has 2 N–H and O–H groups in total. The van der Waals surface area contributed by atoms with Gasteiger partial charge in [0, 0.05) is 11.4 Å². The van der Waals surface area contributed by atoms with Gasteiger partial charge in [-0.2, -0.15) is 0 Å². The van der Waals surface area contributed by atoms with E-state index in [4.69, 9.17) is 0 Å². The number of hydrogen-bond acceptors (Lipinski definition) is 2. The van der Waals surface area contributed by atoms with E-state index in [1.54, 1.807) is 18.2 Å². The highest BCUT2D eigenvalue weighted by Crippen LogP contribution is 2.18. The Hall–Kier alpha value is -1.03. The van der Waals surface area contributed by atoms with Crippen LogP contribution in [0.5, 0.6) is 5.75 Å². The van der Waals surface area contributed by atoms with Gasteiger partial charge in [-0.3, -0.25) is 4.79 Å². The molecular weight excluding hydrogens is 270 g/mol. The van der Waals surface area contributed by atoms with E-state index in [2.05, 4.69) is 21.2 Å². The Balaban J connectivity index is 2.83. The second-order valence-electron chi connectivity index (χ2n) is 3.75. The summed E-state index contributed by atoms with van der Waals surface area (Å²) in [6, 6.07) is 5.09. The standard InChI is InChI=1S/C12H16BrNO2/c1-3-9(7-13)14-12(16)10-6-8(2)4-5-11(10)15/h4-6,9,15H,3,7H2,1-2H3,(H,14,16). The van der Waals surface area contributed by atoms with Crippen molar-refractivity contribution in [3.8, 4) is 5.75 Å². The molecule has 3 nitrogen and oxygen atoms in total. The minimum Gasteiger partial charge on any atom is -0.507 e. The van der Waals surface area contributed by atoms with Crippen LogP contribution >= 0.6 is 15.9 Å². The van der Waals surface area contributed by atoms with Crippen LogP contribution in [0.1, 0.15) is 29.3 Å². The average Bonchev–Trinajstić information content (AvgIpc) is 2.28. The molecule has 16 heavy (non-hydrogen) atoms. The summed E-state index contributed by atoms with van der Waals surface area (Å²) in [5.41, 5.74) is 1.29. The van der Waals surface area contributed by atoms with Gasteiger partial charge in [0.05, 0.1) is 5.56 Å². The average molecular weight is 286 g/mol. The maximum absolute atomic E-state index is 11.9. The van der Waals surface area contributed by atoms with Crippen LogP contribution in [-0.4, -0.2) is 22.4 Å². The molecule has 1 rings (SSSR count). The van der Waals surface area contributed by atoms with Crippen LogP contribution in [0.15, 0.2) is 18.2 Å². The fourth-order valence-corrected chi connectivity index (χ4v) is 1.96. The van der Waals surface area contributed by atoms with Gasteiger partial charge < -0.3 is 10.4 Å². The number of halogens is 1. The zero-order valence-corrected chi connectivity index (χ0v) is 11.0. The highest BCUT2D eigenvalue weighted by atomic mass is 79.9. The van der Waals surface area contributed by atoms with Gasteiger partial charge in [-0.25, -0.2) is 0 Å². The Morgan fingerprint density at radius 2 is 2.25 bits per heavy atom. The molecule has 0 saturated carbocycles. The van der Waals surface area contributed by atoms with Crippen LogP contribution in [0.25, 0.3) is 0 Å². The summed E-state index contributed by atoms with van der Waals surface area (Å²) in [6.45, 7) is 3.89. The van der Waals surface area contributed by atoms with Crippen LogP contribution in [0, 0.1) is 6.92 Å². The Labute approximate surface area is 104 Å². The maximum Gasteiger partial charge on any atom is 0.255 e. The Morgan fingerprint density at radius 3 is 2.81 bits per heavy atom. The summed E-state index contributed by atoms with van der Waals surface area (Å²) in [4.78, 5) is 11.9. The van der Waals surface area contributed by atoms with E-state index in [0.717, 1.165) is 12.0 Å². The van der Waals surface area contributed by atoms with E-state index in [-0.39, 0.29) is 17.7 Å². The number of phenolic OH excluding ortho intramolecular Hbond substituents is 1. The van der Waals surface area contributed by atoms with Crippen molar-refractivity contribution in [2.45, 2.75) is 26.3 Å². The number of rotatable bonds is 4. The highest BCUT2D eigenvalue weighted by Gasteiger charge is 2.14. The number of benzene rings is 1. The Morgan fingerprint density at radius 1 is 1.56 bits per heavy atom. The molecule has 4 heteroatoms. The largest absolute Gasteiger partial charge is 0.507 e. The van der Waals surface area contributed by atoms with Crippen LogP contribution in [0.4, 0.5) is 0 Å². The molecule has 0 radical (unpaired) electrons. The second-order valence-corrected chi connectivity index (χ2v) is 4.40. The highest BCUT2D eigenvalue weighted by molar-refractivity contribution is 9.09. The lowest BCUT2D eigenvalue weighted by Gasteiger charge is -2.14. The van der Waals surface area contributed by atoms with Crippen molar-refractivity contribution in [1.29, 1.82) is 0 Å². The molecule has 1 aromatic rings. The normalized spacial score (nSPS) is 12.2. The Bertz CT molecular complexity index is 375. The third-order valence-corrected chi connectivity index (χ3v) is 3.19. The van der Waals surface area contributed by atoms with Crippen molar-refractivity contribution >= 4 is 21.8 Å². The fraction of sp³-hybridized carbons (Fsp3) is 0.417. The smallest absolute Gasteiger partial charge is 0.255 e. The first-order valence-electron chi connectivity index (χ1n) is 5.25. The molecule has 0 aliphatic carbocycles. The molecule has 0 aromatic heterocycles. The zero-order chi connectivity index (χ0) is 12.1. The van der Waals surface area contributed by atoms with E-state index >= 15 is 0 Å². The first kappa shape index (κ1) is 13.0. The number of aryl methyl sites for hydroxylation is 1. The van der Waals surface area contributed by atoms with Gasteiger partial charge in [0.15, 0.2) is 0 Å². The number of phenols is 1. The van der Waals surface area contributed by atoms with Gasteiger partial charge in [0.2, 0.25) is 0 Å². The van der Waals surface area contributed by atoms with Gasteiger partial charge in [0.1, 0.15) is 5.75 Å². The van der Waals surface area contributed by atoms with Crippen LogP contribution in [0.3, 0.4) is 0 Å². The fourth-order valence-electron chi connectivity index (χ4n) is 1.34. The van der Waals surface area contributed by atoms with Crippen molar-refractivity contribution in [1.82, 2.24) is 5.32 Å². The zero-order valence-electron chi connectivity index (χ0n) is 9.46. The van der Waals surface area contributed by atoms with Crippen LogP contribution < -0.4 is 5.32 Å². The molecule has 0 bridgehead atoms. The van der Waals surface area contributed by atoms with Crippen LogP contribution in [-0.2, 0) is 0 Å².